The standard InChI is InChI=1S/C25H30N2O5S/c1-4-25(2,23(30)27(13-14-33-3)15-22(28)29)26-24(31)32-16-21-19-11-7-5-9-17(19)18-10-6-8-12-20(18)21/h5-12,21H,4,13-16H2,1-3H3,(H,26,31)(H,28,29). The Bertz CT molecular complexity index is 982. The van der Waals surface area contributed by atoms with Crippen molar-refractivity contribution >= 4 is 29.7 Å². The molecule has 0 radical (unpaired) electrons. The number of carboxylic acid groups (broad SMARTS) is 1. The van der Waals surface area contributed by atoms with E-state index in [1.165, 1.54) is 16.7 Å². The minimum Gasteiger partial charge on any atom is -0.480 e. The second-order valence-electron chi connectivity index (χ2n) is 8.25. The molecule has 1 aliphatic carbocycles. The monoisotopic (exact) mass is 470 g/mol. The Kier molecular flexibility index (Phi) is 8.02. The molecule has 2 amide bonds. The minimum absolute atomic E-state index is 0.0863. The molecule has 2 aromatic rings. The first kappa shape index (κ1) is 24.6. The number of benzene rings is 2. The molecule has 1 aliphatic rings. The summed E-state index contributed by atoms with van der Waals surface area (Å²) in [5.74, 6) is -1.01. The van der Waals surface area contributed by atoms with Gasteiger partial charge in [0, 0.05) is 18.2 Å². The normalized spacial score (nSPS) is 14.0. The number of carbonyl (C=O) groups excluding carboxylic acids is 2. The topological polar surface area (TPSA) is 95.9 Å². The van der Waals surface area contributed by atoms with E-state index in [1.807, 2.05) is 42.7 Å². The van der Waals surface area contributed by atoms with Crippen LogP contribution in [0, 0.1) is 0 Å². The van der Waals surface area contributed by atoms with E-state index in [1.54, 1.807) is 13.8 Å². The largest absolute Gasteiger partial charge is 0.480 e. The van der Waals surface area contributed by atoms with Gasteiger partial charge in [-0.05, 0) is 41.9 Å². The summed E-state index contributed by atoms with van der Waals surface area (Å²) >= 11 is 1.52. The Morgan fingerprint density at radius 3 is 2.18 bits per heavy atom. The van der Waals surface area contributed by atoms with Crippen molar-refractivity contribution in [2.75, 3.05) is 31.7 Å². The zero-order chi connectivity index (χ0) is 24.0. The quantitative estimate of drug-likeness (QED) is 0.546. The van der Waals surface area contributed by atoms with E-state index in [0.717, 1.165) is 22.3 Å². The van der Waals surface area contributed by atoms with Crippen LogP contribution in [0.25, 0.3) is 11.1 Å². The summed E-state index contributed by atoms with van der Waals surface area (Å²) < 4.78 is 5.59. The molecule has 7 nitrogen and oxygen atoms in total. The molecule has 0 bridgehead atoms. The molecule has 0 aromatic heterocycles. The number of hydrogen-bond donors (Lipinski definition) is 2. The first-order valence-electron chi connectivity index (χ1n) is 10.9. The van der Waals surface area contributed by atoms with Crippen LogP contribution in [0.3, 0.4) is 0 Å². The highest BCUT2D eigenvalue weighted by Gasteiger charge is 2.38. The van der Waals surface area contributed by atoms with Gasteiger partial charge in [0.05, 0.1) is 0 Å². The van der Waals surface area contributed by atoms with Gasteiger partial charge in [-0.25, -0.2) is 4.79 Å². The number of alkyl carbamates (subject to hydrolysis) is 1. The Morgan fingerprint density at radius 1 is 1.09 bits per heavy atom. The third-order valence-electron chi connectivity index (χ3n) is 6.08. The van der Waals surface area contributed by atoms with E-state index < -0.39 is 30.1 Å². The molecule has 2 N–H and O–H groups in total. The average Bonchev–Trinajstić information content (AvgIpc) is 3.13. The Hall–Kier alpha value is -3.00. The lowest BCUT2D eigenvalue weighted by Gasteiger charge is -2.33. The number of carbonyl (C=O) groups is 3. The fourth-order valence-electron chi connectivity index (χ4n) is 4.12. The molecule has 0 aliphatic heterocycles. The second kappa shape index (κ2) is 10.7. The van der Waals surface area contributed by atoms with Crippen LogP contribution in [0.4, 0.5) is 4.79 Å². The first-order chi connectivity index (χ1) is 15.8. The molecule has 0 fully saturated rings. The van der Waals surface area contributed by atoms with Crippen molar-refractivity contribution in [1.29, 1.82) is 0 Å². The molecule has 33 heavy (non-hydrogen) atoms. The number of carboxylic acids is 1. The van der Waals surface area contributed by atoms with Crippen LogP contribution in [0.15, 0.2) is 48.5 Å². The number of amides is 2. The number of hydrogen-bond acceptors (Lipinski definition) is 5. The lowest BCUT2D eigenvalue weighted by Crippen LogP contribution is -2.58. The summed E-state index contributed by atoms with van der Waals surface area (Å²) in [6, 6.07) is 16.1. The SMILES string of the molecule is CCC(C)(NC(=O)OCC1c2ccccc2-c2ccccc21)C(=O)N(CCSC)CC(=O)O. The molecule has 0 saturated carbocycles. The molecule has 176 valence electrons. The van der Waals surface area contributed by atoms with Crippen molar-refractivity contribution in [3.05, 3.63) is 59.7 Å². The molecule has 3 rings (SSSR count). The van der Waals surface area contributed by atoms with Gasteiger partial charge in [-0.2, -0.15) is 11.8 Å². The first-order valence-corrected chi connectivity index (χ1v) is 12.3. The molecule has 0 spiro atoms. The average molecular weight is 471 g/mol. The maximum atomic E-state index is 13.1. The van der Waals surface area contributed by atoms with Crippen LogP contribution >= 0.6 is 11.8 Å². The summed E-state index contributed by atoms with van der Waals surface area (Å²) in [5, 5.41) is 11.9. The van der Waals surface area contributed by atoms with E-state index in [4.69, 9.17) is 4.74 Å². The lowest BCUT2D eigenvalue weighted by atomic mass is 9.96. The van der Waals surface area contributed by atoms with Gasteiger partial charge in [0.1, 0.15) is 18.7 Å². The molecule has 8 heteroatoms. The summed E-state index contributed by atoms with van der Waals surface area (Å²) in [7, 11) is 0. The fourth-order valence-corrected chi connectivity index (χ4v) is 4.52. The fraction of sp³-hybridized carbons (Fsp3) is 0.400. The number of fused-ring (bicyclic) bond motifs is 3. The van der Waals surface area contributed by atoms with Crippen molar-refractivity contribution in [1.82, 2.24) is 10.2 Å². The number of thioether (sulfide) groups is 1. The van der Waals surface area contributed by atoms with Gasteiger partial charge < -0.3 is 20.1 Å². The lowest BCUT2D eigenvalue weighted by molar-refractivity contribution is -0.147. The van der Waals surface area contributed by atoms with Crippen LogP contribution in [0.2, 0.25) is 0 Å². The summed E-state index contributed by atoms with van der Waals surface area (Å²) in [5.41, 5.74) is 3.20. The maximum absolute atomic E-state index is 13.1. The van der Waals surface area contributed by atoms with Crippen LogP contribution in [0.1, 0.15) is 37.3 Å². The van der Waals surface area contributed by atoms with Gasteiger partial charge in [-0.15, -0.1) is 0 Å². The van der Waals surface area contributed by atoms with E-state index in [2.05, 4.69) is 17.4 Å². The molecular formula is C25H30N2O5S. The van der Waals surface area contributed by atoms with Crippen molar-refractivity contribution in [3.63, 3.8) is 0 Å². The van der Waals surface area contributed by atoms with Gasteiger partial charge in [0.2, 0.25) is 5.91 Å². The molecular weight excluding hydrogens is 440 g/mol. The van der Waals surface area contributed by atoms with E-state index in [0.29, 0.717) is 12.2 Å². The van der Waals surface area contributed by atoms with E-state index in [-0.39, 0.29) is 19.1 Å². The zero-order valence-corrected chi connectivity index (χ0v) is 20.0. The number of rotatable bonds is 10. The summed E-state index contributed by atoms with van der Waals surface area (Å²) in [4.78, 5) is 38.4. The predicted molar refractivity (Wildman–Crippen MR) is 129 cm³/mol. The van der Waals surface area contributed by atoms with Crippen LogP contribution < -0.4 is 5.32 Å². The third kappa shape index (κ3) is 5.50. The molecule has 1 atom stereocenters. The highest BCUT2D eigenvalue weighted by Crippen LogP contribution is 2.44. The predicted octanol–water partition coefficient (Wildman–Crippen LogP) is 3.97. The zero-order valence-electron chi connectivity index (χ0n) is 19.2. The third-order valence-corrected chi connectivity index (χ3v) is 6.67. The van der Waals surface area contributed by atoms with Crippen molar-refractivity contribution < 1.29 is 24.2 Å². The van der Waals surface area contributed by atoms with Crippen LogP contribution in [-0.4, -0.2) is 65.2 Å². The van der Waals surface area contributed by atoms with Gasteiger partial charge in [-0.3, -0.25) is 9.59 Å². The van der Waals surface area contributed by atoms with Crippen LogP contribution in [-0.2, 0) is 14.3 Å². The Morgan fingerprint density at radius 2 is 1.67 bits per heavy atom. The smallest absolute Gasteiger partial charge is 0.408 e. The van der Waals surface area contributed by atoms with Crippen molar-refractivity contribution in [3.8, 4) is 11.1 Å². The molecule has 0 saturated heterocycles. The number of aliphatic carboxylic acids is 1. The minimum atomic E-state index is -1.27. The molecule has 0 heterocycles. The number of nitrogens with one attached hydrogen (secondary N) is 1. The van der Waals surface area contributed by atoms with Crippen molar-refractivity contribution in [2.45, 2.75) is 31.7 Å². The Labute approximate surface area is 198 Å². The van der Waals surface area contributed by atoms with Gasteiger partial charge in [-0.1, -0.05) is 55.5 Å². The number of ether oxygens (including phenoxy) is 1. The highest BCUT2D eigenvalue weighted by atomic mass is 32.2. The van der Waals surface area contributed by atoms with Gasteiger partial charge in [0.15, 0.2) is 0 Å². The maximum Gasteiger partial charge on any atom is 0.408 e. The van der Waals surface area contributed by atoms with Gasteiger partial charge >= 0.3 is 12.1 Å². The Balaban J connectivity index is 1.70. The second-order valence-corrected chi connectivity index (χ2v) is 9.24. The van der Waals surface area contributed by atoms with Gasteiger partial charge in [0.25, 0.3) is 0 Å². The number of nitrogens with zero attached hydrogens (tertiary/aromatic N) is 1. The molecule has 1 unspecified atom stereocenters. The van der Waals surface area contributed by atoms with E-state index >= 15 is 0 Å². The van der Waals surface area contributed by atoms with Crippen molar-refractivity contribution in [2.24, 2.45) is 0 Å². The highest BCUT2D eigenvalue weighted by molar-refractivity contribution is 7.98. The summed E-state index contributed by atoms with van der Waals surface area (Å²) in [6.45, 7) is 3.38. The molecule has 2 aromatic carbocycles. The summed E-state index contributed by atoms with van der Waals surface area (Å²) in [6.07, 6.45) is 1.48. The van der Waals surface area contributed by atoms with E-state index in [9.17, 15) is 19.5 Å². The van der Waals surface area contributed by atoms with Crippen LogP contribution in [0.5, 0.6) is 0 Å².